The fourth-order valence-electron chi connectivity index (χ4n) is 1.68. The number of nitrogens with zero attached hydrogens (tertiary/aromatic N) is 2. The topological polar surface area (TPSA) is 107 Å². The molecule has 0 aromatic heterocycles. The van der Waals surface area contributed by atoms with Gasteiger partial charge in [-0.25, -0.2) is 10.0 Å². The molecule has 2 heterocycles. The predicted octanol–water partition coefficient (Wildman–Crippen LogP) is -2.28. The van der Waals surface area contributed by atoms with Crippen molar-refractivity contribution < 1.29 is 24.8 Å². The van der Waals surface area contributed by atoms with Gasteiger partial charge in [0, 0.05) is 0 Å². The summed E-state index contributed by atoms with van der Waals surface area (Å²) in [6.45, 7) is -0.362. The molecular formula is C9H15N3O5. The smallest absolute Gasteiger partial charge is 0.232 e. The third kappa shape index (κ3) is 2.20. The Hall–Kier alpha value is -1.35. The molecule has 17 heavy (non-hydrogen) atoms. The summed E-state index contributed by atoms with van der Waals surface area (Å²) in [6.07, 6.45) is -1.04. The monoisotopic (exact) mass is 245 g/mol. The molecule has 0 bridgehead atoms. The van der Waals surface area contributed by atoms with Gasteiger partial charge in [-0.05, 0) is 0 Å². The van der Waals surface area contributed by atoms with Crippen molar-refractivity contribution in [2.75, 3.05) is 13.7 Å². The minimum atomic E-state index is -1.14. The van der Waals surface area contributed by atoms with Gasteiger partial charge in [-0.15, -0.1) is 0 Å². The summed E-state index contributed by atoms with van der Waals surface area (Å²) in [4.78, 5) is 3.93. The van der Waals surface area contributed by atoms with E-state index in [-0.39, 0.29) is 6.61 Å². The highest BCUT2D eigenvalue weighted by atomic mass is 16.6. The predicted molar refractivity (Wildman–Crippen MR) is 56.3 cm³/mol. The molecule has 2 aliphatic rings. The zero-order chi connectivity index (χ0) is 12.4. The Morgan fingerprint density at radius 3 is 2.76 bits per heavy atom. The van der Waals surface area contributed by atoms with Gasteiger partial charge in [0.2, 0.25) is 5.88 Å². The number of aliphatic hydroxyl groups excluding tert-OH is 3. The van der Waals surface area contributed by atoms with Crippen LogP contribution in [-0.2, 0) is 9.47 Å². The average Bonchev–Trinajstić information content (AvgIpc) is 2.66. The first-order valence-corrected chi connectivity index (χ1v) is 5.12. The van der Waals surface area contributed by atoms with E-state index < -0.39 is 24.5 Å². The first-order chi connectivity index (χ1) is 8.17. The second-order valence-electron chi connectivity index (χ2n) is 3.70. The fourth-order valence-corrected chi connectivity index (χ4v) is 1.68. The zero-order valence-electron chi connectivity index (χ0n) is 9.22. The Kier molecular flexibility index (Phi) is 3.48. The van der Waals surface area contributed by atoms with Crippen LogP contribution < -0.4 is 5.43 Å². The maximum Gasteiger partial charge on any atom is 0.232 e. The Morgan fingerprint density at radius 2 is 2.29 bits per heavy atom. The minimum Gasteiger partial charge on any atom is -0.480 e. The van der Waals surface area contributed by atoms with Crippen molar-refractivity contribution in [2.45, 2.75) is 24.5 Å². The van der Waals surface area contributed by atoms with Crippen LogP contribution in [0.4, 0.5) is 0 Å². The van der Waals surface area contributed by atoms with Crippen LogP contribution in [0.15, 0.2) is 17.1 Å². The van der Waals surface area contributed by atoms with Gasteiger partial charge in [0.1, 0.15) is 24.7 Å². The number of hydrogen-bond donors (Lipinski definition) is 4. The van der Waals surface area contributed by atoms with Gasteiger partial charge in [-0.2, -0.15) is 0 Å². The molecule has 1 saturated heterocycles. The molecule has 4 N–H and O–H groups in total. The number of hydrazine groups is 1. The summed E-state index contributed by atoms with van der Waals surface area (Å²) in [7, 11) is 1.48. The van der Waals surface area contributed by atoms with Crippen molar-refractivity contribution in [1.82, 2.24) is 10.4 Å². The van der Waals surface area contributed by atoms with E-state index in [0.29, 0.717) is 5.88 Å². The Bertz CT molecular complexity index is 335. The lowest BCUT2D eigenvalue weighted by Gasteiger charge is -2.29. The normalized spacial score (nSPS) is 36.7. The molecule has 0 aromatic rings. The van der Waals surface area contributed by atoms with Crippen LogP contribution >= 0.6 is 0 Å². The zero-order valence-corrected chi connectivity index (χ0v) is 9.22. The summed E-state index contributed by atoms with van der Waals surface area (Å²) in [5.41, 5.74) is 2.78. The lowest BCUT2D eigenvalue weighted by Crippen LogP contribution is -2.49. The third-order valence-electron chi connectivity index (χ3n) is 2.65. The van der Waals surface area contributed by atoms with E-state index in [2.05, 4.69) is 10.4 Å². The number of ether oxygens (including phenoxy) is 2. The van der Waals surface area contributed by atoms with Gasteiger partial charge in [0.25, 0.3) is 0 Å². The second kappa shape index (κ2) is 4.88. The van der Waals surface area contributed by atoms with Crippen molar-refractivity contribution in [3.63, 3.8) is 0 Å². The lowest BCUT2D eigenvalue weighted by molar-refractivity contribution is -0.0812. The molecule has 4 atom stereocenters. The van der Waals surface area contributed by atoms with Gasteiger partial charge in [-0.1, -0.05) is 0 Å². The Labute approximate surface area is 97.7 Å². The maximum atomic E-state index is 9.75. The van der Waals surface area contributed by atoms with Crippen molar-refractivity contribution in [3.05, 3.63) is 12.1 Å². The molecule has 2 aliphatic heterocycles. The fraction of sp³-hybridized carbons (Fsp3) is 0.667. The molecule has 2 rings (SSSR count). The van der Waals surface area contributed by atoms with E-state index in [9.17, 15) is 10.2 Å². The molecule has 0 unspecified atom stereocenters. The molecule has 8 nitrogen and oxygen atoms in total. The van der Waals surface area contributed by atoms with Crippen LogP contribution in [0.5, 0.6) is 0 Å². The summed E-state index contributed by atoms with van der Waals surface area (Å²) < 4.78 is 10.2. The number of rotatable bonds is 3. The molecule has 0 amide bonds. The van der Waals surface area contributed by atoms with E-state index in [1.54, 1.807) is 0 Å². The van der Waals surface area contributed by atoms with Crippen LogP contribution in [0.3, 0.4) is 0 Å². The number of hydrogen-bond acceptors (Lipinski definition) is 8. The van der Waals surface area contributed by atoms with Crippen molar-refractivity contribution in [3.8, 4) is 0 Å². The molecule has 0 radical (unpaired) electrons. The summed E-state index contributed by atoms with van der Waals surface area (Å²) in [6, 6.07) is 0. The van der Waals surface area contributed by atoms with E-state index in [1.165, 1.54) is 24.7 Å². The number of nitrogens with one attached hydrogen (secondary N) is 1. The van der Waals surface area contributed by atoms with Gasteiger partial charge in [0.15, 0.2) is 6.23 Å². The van der Waals surface area contributed by atoms with Gasteiger partial charge >= 0.3 is 0 Å². The third-order valence-corrected chi connectivity index (χ3v) is 2.65. The second-order valence-corrected chi connectivity index (χ2v) is 3.70. The Morgan fingerprint density at radius 1 is 1.53 bits per heavy atom. The van der Waals surface area contributed by atoms with Crippen LogP contribution in [0.25, 0.3) is 0 Å². The molecule has 0 saturated carbocycles. The van der Waals surface area contributed by atoms with Crippen molar-refractivity contribution in [2.24, 2.45) is 4.99 Å². The largest absolute Gasteiger partial charge is 0.480 e. The minimum absolute atomic E-state index is 0.362. The SMILES string of the molecule is COC1=CNN([C@@H]2O[C@H](CO)[C@@H](O)[C@H]2O)C=N1. The molecule has 0 aliphatic carbocycles. The van der Waals surface area contributed by atoms with E-state index in [1.807, 2.05) is 0 Å². The molecule has 0 aromatic carbocycles. The standard InChI is InChI=1S/C9H15N3O5/c1-16-6-2-11-12(4-10-6)9-8(15)7(14)5(3-13)17-9/h2,4-5,7-9,11,13-15H,3H2,1H3/t5-,7-,8-,9-/m1/s1. The molecule has 96 valence electrons. The van der Waals surface area contributed by atoms with Crippen molar-refractivity contribution in [1.29, 1.82) is 0 Å². The van der Waals surface area contributed by atoms with E-state index in [0.717, 1.165) is 0 Å². The maximum absolute atomic E-state index is 9.75. The van der Waals surface area contributed by atoms with Crippen molar-refractivity contribution >= 4 is 6.34 Å². The van der Waals surface area contributed by atoms with Gasteiger partial charge in [0.05, 0.1) is 19.9 Å². The van der Waals surface area contributed by atoms with Crippen LogP contribution in [-0.4, -0.2) is 64.9 Å². The number of methoxy groups -OCH3 is 1. The first-order valence-electron chi connectivity index (χ1n) is 5.12. The highest BCUT2D eigenvalue weighted by molar-refractivity contribution is 5.57. The van der Waals surface area contributed by atoms with E-state index in [4.69, 9.17) is 14.6 Å². The molecule has 1 fully saturated rings. The summed E-state index contributed by atoms with van der Waals surface area (Å²) >= 11 is 0. The number of aliphatic imine (C=N–C) groups is 1. The first kappa shape index (κ1) is 12.1. The number of aliphatic hydroxyl groups is 3. The highest BCUT2D eigenvalue weighted by Crippen LogP contribution is 2.23. The van der Waals surface area contributed by atoms with E-state index >= 15 is 0 Å². The lowest BCUT2D eigenvalue weighted by atomic mass is 10.1. The molecule has 0 spiro atoms. The van der Waals surface area contributed by atoms with Crippen LogP contribution in [0.2, 0.25) is 0 Å². The van der Waals surface area contributed by atoms with Crippen LogP contribution in [0.1, 0.15) is 0 Å². The summed E-state index contributed by atoms with van der Waals surface area (Å²) in [5.74, 6) is 0.382. The quantitative estimate of drug-likeness (QED) is 0.443. The molecule has 8 heteroatoms. The van der Waals surface area contributed by atoms with Gasteiger partial charge in [-0.3, -0.25) is 5.43 Å². The highest BCUT2D eigenvalue weighted by Gasteiger charge is 2.45. The average molecular weight is 245 g/mol. The van der Waals surface area contributed by atoms with Crippen LogP contribution in [0, 0.1) is 0 Å². The Balaban J connectivity index is 2.01. The van der Waals surface area contributed by atoms with Gasteiger partial charge < -0.3 is 24.8 Å². The summed E-state index contributed by atoms with van der Waals surface area (Å²) in [5, 5.41) is 29.7. The molecular weight excluding hydrogens is 230 g/mol.